The van der Waals surface area contributed by atoms with Gasteiger partial charge in [-0.3, -0.25) is 9.59 Å². The van der Waals surface area contributed by atoms with E-state index in [1.165, 1.54) is 0 Å². The number of nitrogens with one attached hydrogen (secondary N) is 1. The lowest BCUT2D eigenvalue weighted by Gasteiger charge is -2.16. The molecule has 1 aromatic rings. The third kappa shape index (κ3) is 6.37. The van der Waals surface area contributed by atoms with Gasteiger partial charge in [0.2, 0.25) is 5.91 Å². The van der Waals surface area contributed by atoms with Crippen LogP contribution in [0.15, 0.2) is 12.1 Å². The largest absolute Gasteiger partial charge is 0.480 e. The number of carbonyl (C=O) groups excluding carboxylic acids is 1. The zero-order valence-electron chi connectivity index (χ0n) is 11.3. The summed E-state index contributed by atoms with van der Waals surface area (Å²) in [5.74, 6) is -0.933. The molecule has 1 unspecified atom stereocenters. The molecule has 0 spiro atoms. The first kappa shape index (κ1) is 19.7. The standard InChI is InChI=1S/C13H14I3NO3S/c1-6(2)12(13(19)20)21-5-10(18)17-11-8(15)3-7(14)4-9(11)16/h3-4,6,12H,5H2,1-2H3,(H,17,18)(H,19,20). The van der Waals surface area contributed by atoms with Gasteiger partial charge in [0.05, 0.1) is 11.4 Å². The topological polar surface area (TPSA) is 66.4 Å². The summed E-state index contributed by atoms with van der Waals surface area (Å²) in [5, 5.41) is 11.4. The van der Waals surface area contributed by atoms with Crippen molar-refractivity contribution in [2.45, 2.75) is 19.1 Å². The monoisotopic (exact) mass is 645 g/mol. The first-order valence-corrected chi connectivity index (χ1v) is 10.3. The third-order valence-electron chi connectivity index (χ3n) is 2.51. The van der Waals surface area contributed by atoms with Crippen molar-refractivity contribution >= 4 is 97.1 Å². The van der Waals surface area contributed by atoms with Crippen LogP contribution >= 0.6 is 79.5 Å². The minimum atomic E-state index is -0.874. The van der Waals surface area contributed by atoms with Crippen molar-refractivity contribution in [3.05, 3.63) is 22.8 Å². The van der Waals surface area contributed by atoms with E-state index in [0.29, 0.717) is 0 Å². The number of thioether (sulfide) groups is 1. The number of rotatable bonds is 6. The molecule has 1 rings (SSSR count). The number of carbonyl (C=O) groups is 2. The number of hydrogen-bond acceptors (Lipinski definition) is 3. The van der Waals surface area contributed by atoms with Crippen LogP contribution in [-0.4, -0.2) is 28.0 Å². The molecule has 116 valence electrons. The van der Waals surface area contributed by atoms with Gasteiger partial charge < -0.3 is 10.4 Å². The highest BCUT2D eigenvalue weighted by molar-refractivity contribution is 14.1. The SMILES string of the molecule is CC(C)C(SCC(=O)Nc1c(I)cc(I)cc1I)C(=O)O. The number of amides is 1. The second kappa shape index (κ2) is 9.11. The van der Waals surface area contributed by atoms with Crippen molar-refractivity contribution in [1.82, 2.24) is 0 Å². The summed E-state index contributed by atoms with van der Waals surface area (Å²) >= 11 is 7.76. The number of anilines is 1. The molecule has 0 saturated carbocycles. The smallest absolute Gasteiger partial charge is 0.316 e. The molecule has 1 atom stereocenters. The van der Waals surface area contributed by atoms with E-state index in [2.05, 4.69) is 73.1 Å². The Hall–Kier alpha value is 0.700. The molecule has 2 N–H and O–H groups in total. The van der Waals surface area contributed by atoms with E-state index < -0.39 is 11.2 Å². The van der Waals surface area contributed by atoms with Gasteiger partial charge >= 0.3 is 5.97 Å². The summed E-state index contributed by atoms with van der Waals surface area (Å²) < 4.78 is 3.06. The number of benzene rings is 1. The summed E-state index contributed by atoms with van der Waals surface area (Å²) in [7, 11) is 0. The molecule has 0 aromatic heterocycles. The Bertz CT molecular complexity index is 528. The third-order valence-corrected chi connectivity index (χ3v) is 6.37. The predicted octanol–water partition coefficient (Wildman–Crippen LogP) is 4.28. The lowest BCUT2D eigenvalue weighted by atomic mass is 10.1. The van der Waals surface area contributed by atoms with Gasteiger partial charge in [0.25, 0.3) is 0 Å². The van der Waals surface area contributed by atoms with Crippen LogP contribution in [0.3, 0.4) is 0 Å². The van der Waals surface area contributed by atoms with Gasteiger partial charge in [0.15, 0.2) is 0 Å². The highest BCUT2D eigenvalue weighted by Gasteiger charge is 2.23. The van der Waals surface area contributed by atoms with Crippen LogP contribution in [0.2, 0.25) is 0 Å². The van der Waals surface area contributed by atoms with Crippen LogP contribution in [0.4, 0.5) is 5.69 Å². The van der Waals surface area contributed by atoms with E-state index >= 15 is 0 Å². The van der Waals surface area contributed by atoms with Gasteiger partial charge in [-0.15, -0.1) is 11.8 Å². The summed E-state index contributed by atoms with van der Waals surface area (Å²) in [4.78, 5) is 23.1. The van der Waals surface area contributed by atoms with Crippen LogP contribution in [0, 0.1) is 16.6 Å². The van der Waals surface area contributed by atoms with Gasteiger partial charge in [-0.25, -0.2) is 0 Å². The number of carboxylic acid groups (broad SMARTS) is 1. The van der Waals surface area contributed by atoms with Crippen LogP contribution in [0.1, 0.15) is 13.8 Å². The molecule has 0 radical (unpaired) electrons. The molecule has 0 aliphatic rings. The van der Waals surface area contributed by atoms with E-state index in [4.69, 9.17) is 5.11 Å². The Kier molecular flexibility index (Phi) is 8.56. The number of aliphatic carboxylic acids is 1. The maximum atomic E-state index is 12.0. The highest BCUT2D eigenvalue weighted by atomic mass is 127. The first-order chi connectivity index (χ1) is 9.72. The Labute approximate surface area is 169 Å². The van der Waals surface area contributed by atoms with E-state index in [-0.39, 0.29) is 17.6 Å². The first-order valence-electron chi connectivity index (χ1n) is 6.01. The Morgan fingerprint density at radius 3 is 2.19 bits per heavy atom. The van der Waals surface area contributed by atoms with Crippen LogP contribution in [-0.2, 0) is 9.59 Å². The summed E-state index contributed by atoms with van der Waals surface area (Å²) in [6.07, 6.45) is 0. The molecule has 0 aliphatic carbocycles. The number of halogens is 3. The maximum absolute atomic E-state index is 12.0. The lowest BCUT2D eigenvalue weighted by molar-refractivity contribution is -0.137. The van der Waals surface area contributed by atoms with Gasteiger partial charge in [-0.05, 0) is 85.8 Å². The highest BCUT2D eigenvalue weighted by Crippen LogP contribution is 2.28. The molecule has 0 saturated heterocycles. The van der Waals surface area contributed by atoms with Crippen molar-refractivity contribution in [2.75, 3.05) is 11.1 Å². The molecule has 4 nitrogen and oxygen atoms in total. The van der Waals surface area contributed by atoms with E-state index in [9.17, 15) is 9.59 Å². The van der Waals surface area contributed by atoms with E-state index in [1.54, 1.807) is 0 Å². The normalized spacial score (nSPS) is 12.3. The molecule has 1 aromatic carbocycles. The zero-order valence-corrected chi connectivity index (χ0v) is 18.6. The molecule has 21 heavy (non-hydrogen) atoms. The summed E-state index contributed by atoms with van der Waals surface area (Å²) in [5.41, 5.74) is 0.790. The molecule has 1 amide bonds. The molecule has 0 aliphatic heterocycles. The van der Waals surface area contributed by atoms with Gasteiger partial charge in [0, 0.05) is 10.7 Å². The molecule has 0 bridgehead atoms. The minimum Gasteiger partial charge on any atom is -0.480 e. The fourth-order valence-corrected chi connectivity index (χ4v) is 6.33. The fourth-order valence-electron chi connectivity index (χ4n) is 1.55. The number of carboxylic acids is 1. The van der Waals surface area contributed by atoms with Crippen LogP contribution in [0.25, 0.3) is 0 Å². The van der Waals surface area contributed by atoms with Crippen LogP contribution < -0.4 is 5.32 Å². The van der Waals surface area contributed by atoms with Crippen molar-refractivity contribution < 1.29 is 14.7 Å². The van der Waals surface area contributed by atoms with E-state index in [0.717, 1.165) is 28.2 Å². The van der Waals surface area contributed by atoms with Gasteiger partial charge in [-0.2, -0.15) is 0 Å². The van der Waals surface area contributed by atoms with Gasteiger partial charge in [0.1, 0.15) is 5.25 Å². The van der Waals surface area contributed by atoms with Crippen molar-refractivity contribution in [1.29, 1.82) is 0 Å². The lowest BCUT2D eigenvalue weighted by Crippen LogP contribution is -2.26. The summed E-state index contributed by atoms with van der Waals surface area (Å²) in [6.45, 7) is 3.68. The van der Waals surface area contributed by atoms with Gasteiger partial charge in [-0.1, -0.05) is 13.8 Å². The Morgan fingerprint density at radius 1 is 1.24 bits per heavy atom. The molecule has 0 fully saturated rings. The zero-order chi connectivity index (χ0) is 16.2. The molecule has 0 heterocycles. The van der Waals surface area contributed by atoms with Crippen molar-refractivity contribution in [3.63, 3.8) is 0 Å². The summed E-state index contributed by atoms with van der Waals surface area (Å²) in [6, 6.07) is 3.97. The van der Waals surface area contributed by atoms with Crippen molar-refractivity contribution in [2.24, 2.45) is 5.92 Å². The average Bonchev–Trinajstić information content (AvgIpc) is 2.33. The molecule has 8 heteroatoms. The molecular formula is C13H14I3NO3S. The maximum Gasteiger partial charge on any atom is 0.316 e. The quantitative estimate of drug-likeness (QED) is 0.454. The molecular weight excluding hydrogens is 631 g/mol. The fraction of sp³-hybridized carbons (Fsp3) is 0.385. The number of hydrogen-bond donors (Lipinski definition) is 2. The van der Waals surface area contributed by atoms with Crippen LogP contribution in [0.5, 0.6) is 0 Å². The average molecular weight is 645 g/mol. The van der Waals surface area contributed by atoms with E-state index in [1.807, 2.05) is 26.0 Å². The second-order valence-corrected chi connectivity index (χ2v) is 9.31. The Balaban J connectivity index is 2.69. The Morgan fingerprint density at radius 2 is 1.76 bits per heavy atom. The van der Waals surface area contributed by atoms with Crippen molar-refractivity contribution in [3.8, 4) is 0 Å². The predicted molar refractivity (Wildman–Crippen MR) is 112 cm³/mol. The minimum absolute atomic E-state index is 0.0149. The second-order valence-electron chi connectivity index (χ2n) is 4.61.